The highest BCUT2D eigenvalue weighted by Crippen LogP contribution is 2.35. The monoisotopic (exact) mass is 463 g/mol. The van der Waals surface area contributed by atoms with E-state index in [1.54, 1.807) is 4.40 Å². The zero-order chi connectivity index (χ0) is 24.1. The van der Waals surface area contributed by atoms with Crippen molar-refractivity contribution in [3.8, 4) is 27.9 Å². The summed E-state index contributed by atoms with van der Waals surface area (Å²) < 4.78 is 3.86. The van der Waals surface area contributed by atoms with Crippen LogP contribution in [0.4, 0.5) is 0 Å². The first-order chi connectivity index (χ1) is 17.8. The fourth-order valence-electron chi connectivity index (χ4n) is 5.06. The molecule has 0 aliphatic carbocycles. The molecule has 0 bridgehead atoms. The Hall–Kier alpha value is -4.96. The van der Waals surface area contributed by atoms with E-state index in [9.17, 15) is 4.79 Å². The maximum atomic E-state index is 13.7. The van der Waals surface area contributed by atoms with Gasteiger partial charge in [0.1, 0.15) is 0 Å². The van der Waals surface area contributed by atoms with Crippen LogP contribution in [-0.2, 0) is 0 Å². The molecule has 0 fully saturated rings. The highest BCUT2D eigenvalue weighted by molar-refractivity contribution is 5.90. The molecule has 0 saturated carbocycles. The molecule has 0 spiro atoms. The van der Waals surface area contributed by atoms with E-state index < -0.39 is 0 Å². The molecule has 0 saturated heterocycles. The van der Waals surface area contributed by atoms with Crippen molar-refractivity contribution in [1.82, 2.24) is 14.0 Å². The van der Waals surface area contributed by atoms with E-state index in [2.05, 4.69) is 53.1 Å². The SMILES string of the molecule is O=c1c2ccccc2nc2n(-c3cc(-c4ccccc4)ccc3-c3ccccc3)c3ccccc3n12. The van der Waals surface area contributed by atoms with Crippen molar-refractivity contribution in [1.29, 1.82) is 0 Å². The predicted octanol–water partition coefficient (Wildman–Crippen LogP) is 7.13. The fourth-order valence-corrected chi connectivity index (χ4v) is 5.06. The molecule has 0 aliphatic rings. The third kappa shape index (κ3) is 3.08. The van der Waals surface area contributed by atoms with Crippen molar-refractivity contribution in [2.24, 2.45) is 0 Å². The number of fused-ring (bicyclic) bond motifs is 4. The van der Waals surface area contributed by atoms with Crippen molar-refractivity contribution in [3.05, 3.63) is 138 Å². The molecule has 170 valence electrons. The lowest BCUT2D eigenvalue weighted by atomic mass is 9.98. The zero-order valence-electron chi connectivity index (χ0n) is 19.4. The van der Waals surface area contributed by atoms with Gasteiger partial charge in [-0.2, -0.15) is 0 Å². The van der Waals surface area contributed by atoms with Gasteiger partial charge in [0, 0.05) is 5.56 Å². The first kappa shape index (κ1) is 20.4. The van der Waals surface area contributed by atoms with Crippen LogP contribution in [0.3, 0.4) is 0 Å². The lowest BCUT2D eigenvalue weighted by Gasteiger charge is -2.15. The molecule has 0 N–H and O–H groups in total. The first-order valence-electron chi connectivity index (χ1n) is 12.0. The van der Waals surface area contributed by atoms with Gasteiger partial charge in [-0.25, -0.2) is 9.38 Å². The minimum Gasteiger partial charge on any atom is -0.277 e. The van der Waals surface area contributed by atoms with Crippen LogP contribution >= 0.6 is 0 Å². The molecule has 0 atom stereocenters. The van der Waals surface area contributed by atoms with E-state index in [1.807, 2.05) is 78.9 Å². The van der Waals surface area contributed by atoms with Crippen molar-refractivity contribution >= 4 is 27.7 Å². The highest BCUT2D eigenvalue weighted by atomic mass is 16.1. The topological polar surface area (TPSA) is 39.3 Å². The highest BCUT2D eigenvalue weighted by Gasteiger charge is 2.19. The minimum absolute atomic E-state index is 0.0639. The predicted molar refractivity (Wildman–Crippen MR) is 147 cm³/mol. The summed E-state index contributed by atoms with van der Waals surface area (Å²) >= 11 is 0. The number of aromatic nitrogens is 3. The summed E-state index contributed by atoms with van der Waals surface area (Å²) in [5, 5.41) is 0.610. The molecule has 4 nitrogen and oxygen atoms in total. The normalized spacial score (nSPS) is 11.4. The van der Waals surface area contributed by atoms with Gasteiger partial charge in [0.25, 0.3) is 5.56 Å². The number of benzene rings is 5. The first-order valence-corrected chi connectivity index (χ1v) is 12.0. The second-order valence-electron chi connectivity index (χ2n) is 8.86. The summed E-state index contributed by atoms with van der Waals surface area (Å²) in [6, 6.07) is 42.8. The quantitative estimate of drug-likeness (QED) is 0.280. The third-order valence-corrected chi connectivity index (χ3v) is 6.75. The van der Waals surface area contributed by atoms with Crippen LogP contribution in [0, 0.1) is 0 Å². The number of hydrogen-bond donors (Lipinski definition) is 0. The molecule has 7 rings (SSSR count). The molecule has 0 radical (unpaired) electrons. The Labute approximate surface area is 207 Å². The van der Waals surface area contributed by atoms with Gasteiger partial charge in [-0.15, -0.1) is 0 Å². The third-order valence-electron chi connectivity index (χ3n) is 6.75. The molecule has 2 heterocycles. The van der Waals surface area contributed by atoms with Crippen LogP contribution in [0.5, 0.6) is 0 Å². The van der Waals surface area contributed by atoms with Gasteiger partial charge >= 0.3 is 0 Å². The van der Waals surface area contributed by atoms with Gasteiger partial charge in [-0.1, -0.05) is 97.1 Å². The Morgan fingerprint density at radius 2 is 1.19 bits per heavy atom. The maximum absolute atomic E-state index is 13.7. The zero-order valence-corrected chi connectivity index (χ0v) is 19.4. The summed E-state index contributed by atoms with van der Waals surface area (Å²) in [7, 11) is 0. The van der Waals surface area contributed by atoms with E-state index in [0.29, 0.717) is 16.7 Å². The smallest absolute Gasteiger partial charge is 0.267 e. The fraction of sp³-hybridized carbons (Fsp3) is 0. The molecule has 0 amide bonds. The lowest BCUT2D eigenvalue weighted by Crippen LogP contribution is -2.15. The molecule has 7 aromatic rings. The largest absolute Gasteiger partial charge is 0.277 e. The van der Waals surface area contributed by atoms with E-state index in [-0.39, 0.29) is 5.56 Å². The summed E-state index contributed by atoms with van der Waals surface area (Å²) in [6.45, 7) is 0. The second kappa shape index (κ2) is 8.07. The van der Waals surface area contributed by atoms with Crippen molar-refractivity contribution in [2.45, 2.75) is 0 Å². The van der Waals surface area contributed by atoms with E-state index in [0.717, 1.165) is 39.0 Å². The maximum Gasteiger partial charge on any atom is 0.267 e. The van der Waals surface area contributed by atoms with Crippen molar-refractivity contribution in [3.63, 3.8) is 0 Å². The molecule has 4 heteroatoms. The van der Waals surface area contributed by atoms with Crippen LogP contribution in [0.1, 0.15) is 0 Å². The summed E-state index contributed by atoms with van der Waals surface area (Å²) in [6.07, 6.45) is 0. The van der Waals surface area contributed by atoms with Gasteiger partial charge in [0.2, 0.25) is 5.78 Å². The van der Waals surface area contributed by atoms with E-state index in [1.165, 1.54) is 0 Å². The Morgan fingerprint density at radius 1 is 0.556 bits per heavy atom. The Bertz CT molecular complexity index is 1950. The van der Waals surface area contributed by atoms with Crippen molar-refractivity contribution < 1.29 is 0 Å². The molecular weight excluding hydrogens is 442 g/mol. The van der Waals surface area contributed by atoms with Gasteiger partial charge in [0.15, 0.2) is 0 Å². The van der Waals surface area contributed by atoms with Crippen LogP contribution in [0.25, 0.3) is 55.7 Å². The molecular formula is C32H21N3O. The van der Waals surface area contributed by atoms with Gasteiger partial charge in [0.05, 0.1) is 27.6 Å². The van der Waals surface area contributed by atoms with Crippen molar-refractivity contribution in [2.75, 3.05) is 0 Å². The van der Waals surface area contributed by atoms with Gasteiger partial charge < -0.3 is 0 Å². The average molecular weight is 464 g/mol. The summed E-state index contributed by atoms with van der Waals surface area (Å²) in [4.78, 5) is 18.7. The Balaban J connectivity index is 1.65. The number of rotatable bonds is 3. The molecule has 0 aliphatic heterocycles. The number of hydrogen-bond acceptors (Lipinski definition) is 2. The summed E-state index contributed by atoms with van der Waals surface area (Å²) in [5.41, 5.74) is 7.77. The Morgan fingerprint density at radius 3 is 1.97 bits per heavy atom. The van der Waals surface area contributed by atoms with E-state index in [4.69, 9.17) is 4.98 Å². The summed E-state index contributed by atoms with van der Waals surface area (Å²) in [5.74, 6) is 0.599. The van der Waals surface area contributed by atoms with Crippen LogP contribution < -0.4 is 5.56 Å². The molecule has 2 aromatic heterocycles. The molecule has 5 aromatic carbocycles. The molecule has 36 heavy (non-hydrogen) atoms. The van der Waals surface area contributed by atoms with Gasteiger partial charge in [-0.05, 0) is 47.0 Å². The van der Waals surface area contributed by atoms with Gasteiger partial charge in [-0.3, -0.25) is 9.36 Å². The number of para-hydroxylation sites is 3. The van der Waals surface area contributed by atoms with Crippen LogP contribution in [0.2, 0.25) is 0 Å². The lowest BCUT2D eigenvalue weighted by molar-refractivity contribution is 1.05. The van der Waals surface area contributed by atoms with Crippen LogP contribution in [0.15, 0.2) is 132 Å². The average Bonchev–Trinajstić information content (AvgIpc) is 3.28. The number of nitrogens with zero attached hydrogens (tertiary/aromatic N) is 3. The Kier molecular flexibility index (Phi) is 4.57. The molecule has 0 unspecified atom stereocenters. The minimum atomic E-state index is -0.0639. The second-order valence-corrected chi connectivity index (χ2v) is 8.86. The standard InChI is InChI=1S/C32H21N3O/c36-31-26-15-7-8-16-27(26)33-32-34(28-17-9-10-18-29(28)35(31)32)30-21-24(22-11-3-1-4-12-22)19-20-25(30)23-13-5-2-6-14-23/h1-21H. The number of imidazole rings is 1. The van der Waals surface area contributed by atoms with Crippen LogP contribution in [-0.4, -0.2) is 14.0 Å². The van der Waals surface area contributed by atoms with E-state index >= 15 is 0 Å².